The fourth-order valence-electron chi connectivity index (χ4n) is 2.15. The molecule has 1 N–H and O–H groups in total. The molecule has 0 radical (unpaired) electrons. The van der Waals surface area contributed by atoms with E-state index in [0.717, 1.165) is 6.42 Å². The van der Waals surface area contributed by atoms with Crippen molar-refractivity contribution in [3.63, 3.8) is 0 Å². The second-order valence-electron chi connectivity index (χ2n) is 6.16. The maximum atomic E-state index is 5.81. The zero-order chi connectivity index (χ0) is 14.0. The molecule has 1 aromatic rings. The van der Waals surface area contributed by atoms with Crippen molar-refractivity contribution in [2.45, 2.75) is 46.6 Å². The molecule has 0 saturated carbocycles. The van der Waals surface area contributed by atoms with E-state index in [1.807, 2.05) is 0 Å². The van der Waals surface area contributed by atoms with Crippen LogP contribution in [0.3, 0.4) is 0 Å². The average Bonchev–Trinajstić information content (AvgIpc) is 2.11. The smallest absolute Gasteiger partial charge is 0.322 e. The van der Waals surface area contributed by atoms with Gasteiger partial charge in [-0.3, -0.25) is 0 Å². The summed E-state index contributed by atoms with van der Waals surface area (Å²) in [7, 11) is 1.50. The SMILES string of the molecule is COc1nc(Cl)nc(NC(C)(C)CC(C)(C)C)n1. The lowest BCUT2D eigenvalue weighted by atomic mass is 9.82. The number of methoxy groups -OCH3 is 1. The van der Waals surface area contributed by atoms with E-state index in [1.165, 1.54) is 7.11 Å². The molecule has 1 rings (SSSR count). The minimum Gasteiger partial charge on any atom is -0.467 e. The molecule has 6 heteroatoms. The van der Waals surface area contributed by atoms with Crippen LogP contribution in [0.1, 0.15) is 41.0 Å². The fraction of sp³-hybridized carbons (Fsp3) is 0.750. The predicted molar refractivity (Wildman–Crippen MR) is 73.2 cm³/mol. The molecular weight excluding hydrogens is 252 g/mol. The third-order valence-corrected chi connectivity index (χ3v) is 2.36. The maximum absolute atomic E-state index is 5.81. The Morgan fingerprint density at radius 3 is 2.22 bits per heavy atom. The van der Waals surface area contributed by atoms with Crippen molar-refractivity contribution >= 4 is 17.5 Å². The second-order valence-corrected chi connectivity index (χ2v) is 6.50. The topological polar surface area (TPSA) is 59.9 Å². The van der Waals surface area contributed by atoms with E-state index in [4.69, 9.17) is 16.3 Å². The van der Waals surface area contributed by atoms with E-state index in [2.05, 4.69) is 54.9 Å². The summed E-state index contributed by atoms with van der Waals surface area (Å²) in [6.45, 7) is 10.8. The van der Waals surface area contributed by atoms with Crippen LogP contribution in [0.25, 0.3) is 0 Å². The summed E-state index contributed by atoms with van der Waals surface area (Å²) in [5, 5.41) is 3.38. The number of anilines is 1. The highest BCUT2D eigenvalue weighted by atomic mass is 35.5. The minimum absolute atomic E-state index is 0.121. The van der Waals surface area contributed by atoms with Crippen LogP contribution in [0.4, 0.5) is 5.95 Å². The van der Waals surface area contributed by atoms with E-state index in [1.54, 1.807) is 0 Å². The van der Waals surface area contributed by atoms with Gasteiger partial charge in [0.25, 0.3) is 0 Å². The Bertz CT molecular complexity index is 415. The number of ether oxygens (including phenoxy) is 1. The summed E-state index contributed by atoms with van der Waals surface area (Å²) < 4.78 is 4.96. The van der Waals surface area contributed by atoms with Gasteiger partial charge in [-0.15, -0.1) is 0 Å². The lowest BCUT2D eigenvalue weighted by Gasteiger charge is -2.33. The monoisotopic (exact) mass is 272 g/mol. The van der Waals surface area contributed by atoms with Gasteiger partial charge in [0, 0.05) is 5.54 Å². The normalized spacial score (nSPS) is 12.4. The molecule has 0 aliphatic carbocycles. The molecule has 0 bridgehead atoms. The van der Waals surface area contributed by atoms with Crippen molar-refractivity contribution in [3.05, 3.63) is 5.28 Å². The summed E-state index contributed by atoms with van der Waals surface area (Å²) in [6.07, 6.45) is 0.964. The zero-order valence-electron chi connectivity index (χ0n) is 11.8. The van der Waals surface area contributed by atoms with Crippen LogP contribution in [0.5, 0.6) is 6.01 Å². The molecule has 0 atom stereocenters. The number of hydrogen-bond acceptors (Lipinski definition) is 5. The molecule has 0 unspecified atom stereocenters. The summed E-state index contributed by atoms with van der Waals surface area (Å²) in [5.74, 6) is 0.432. The van der Waals surface area contributed by atoms with E-state index in [9.17, 15) is 0 Å². The predicted octanol–water partition coefficient (Wildman–Crippen LogP) is 3.16. The van der Waals surface area contributed by atoms with Crippen molar-refractivity contribution in [2.24, 2.45) is 5.41 Å². The lowest BCUT2D eigenvalue weighted by molar-refractivity contribution is 0.301. The standard InChI is InChI=1S/C12H21ClN4O/c1-11(2,3)7-12(4,5)17-9-14-8(13)15-10(16-9)18-6/h7H2,1-6H3,(H,14,15,16,17). The maximum Gasteiger partial charge on any atom is 0.322 e. The van der Waals surface area contributed by atoms with Gasteiger partial charge in [-0.2, -0.15) is 15.0 Å². The Labute approximate surface area is 113 Å². The second kappa shape index (κ2) is 5.26. The Hall–Kier alpha value is -1.10. The highest BCUT2D eigenvalue weighted by molar-refractivity contribution is 6.28. The van der Waals surface area contributed by atoms with Crippen molar-refractivity contribution in [2.75, 3.05) is 12.4 Å². The summed E-state index contributed by atoms with van der Waals surface area (Å²) in [6, 6.07) is 0.212. The highest BCUT2D eigenvalue weighted by Crippen LogP contribution is 2.29. The Kier molecular flexibility index (Phi) is 4.37. The summed E-state index contributed by atoms with van der Waals surface area (Å²) in [5.41, 5.74) is 0.0609. The van der Waals surface area contributed by atoms with Crippen molar-refractivity contribution in [3.8, 4) is 6.01 Å². The third kappa shape index (κ3) is 5.04. The largest absolute Gasteiger partial charge is 0.467 e. The zero-order valence-corrected chi connectivity index (χ0v) is 12.6. The first kappa shape index (κ1) is 15.0. The number of hydrogen-bond donors (Lipinski definition) is 1. The first-order chi connectivity index (χ1) is 8.11. The van der Waals surface area contributed by atoms with E-state index < -0.39 is 0 Å². The van der Waals surface area contributed by atoms with Gasteiger partial charge < -0.3 is 10.1 Å². The van der Waals surface area contributed by atoms with Crippen LogP contribution in [0, 0.1) is 5.41 Å². The van der Waals surface area contributed by atoms with Gasteiger partial charge >= 0.3 is 6.01 Å². The molecule has 0 spiro atoms. The van der Waals surface area contributed by atoms with E-state index >= 15 is 0 Å². The molecule has 0 fully saturated rings. The number of rotatable bonds is 4. The number of nitrogens with one attached hydrogen (secondary N) is 1. The van der Waals surface area contributed by atoms with Gasteiger partial charge in [0.15, 0.2) is 0 Å². The quantitative estimate of drug-likeness (QED) is 0.912. The average molecular weight is 273 g/mol. The van der Waals surface area contributed by atoms with Crippen LogP contribution in [-0.2, 0) is 0 Å². The number of aromatic nitrogens is 3. The Morgan fingerprint density at radius 2 is 1.72 bits per heavy atom. The van der Waals surface area contributed by atoms with Gasteiger partial charge in [0.1, 0.15) is 0 Å². The van der Waals surface area contributed by atoms with Gasteiger partial charge in [-0.05, 0) is 37.3 Å². The van der Waals surface area contributed by atoms with Crippen LogP contribution in [0.2, 0.25) is 5.28 Å². The number of nitrogens with zero attached hydrogens (tertiary/aromatic N) is 3. The summed E-state index contributed by atoms with van der Waals surface area (Å²) >= 11 is 5.81. The van der Waals surface area contributed by atoms with Crippen molar-refractivity contribution in [1.29, 1.82) is 0 Å². The van der Waals surface area contributed by atoms with E-state index in [-0.39, 0.29) is 22.2 Å². The fourth-order valence-corrected chi connectivity index (χ4v) is 2.30. The van der Waals surface area contributed by atoms with Gasteiger partial charge in [-0.25, -0.2) is 0 Å². The first-order valence-corrected chi connectivity index (χ1v) is 6.23. The van der Waals surface area contributed by atoms with Crippen LogP contribution in [-0.4, -0.2) is 27.6 Å². The Balaban J connectivity index is 2.86. The van der Waals surface area contributed by atoms with Crippen molar-refractivity contribution < 1.29 is 4.74 Å². The molecule has 0 aliphatic heterocycles. The minimum atomic E-state index is -0.145. The number of halogens is 1. The van der Waals surface area contributed by atoms with Gasteiger partial charge in [0.05, 0.1) is 7.11 Å². The molecule has 0 aromatic carbocycles. The molecular formula is C12H21ClN4O. The van der Waals surface area contributed by atoms with Gasteiger partial charge in [-0.1, -0.05) is 20.8 Å². The van der Waals surface area contributed by atoms with Gasteiger partial charge in [0.2, 0.25) is 11.2 Å². The molecule has 1 aromatic heterocycles. The molecule has 0 amide bonds. The molecule has 18 heavy (non-hydrogen) atoms. The Morgan fingerprint density at radius 1 is 1.11 bits per heavy atom. The third-order valence-electron chi connectivity index (χ3n) is 2.19. The van der Waals surface area contributed by atoms with Crippen molar-refractivity contribution in [1.82, 2.24) is 15.0 Å². The summed E-state index contributed by atoms with van der Waals surface area (Å²) in [4.78, 5) is 12.0. The van der Waals surface area contributed by atoms with Crippen LogP contribution in [0.15, 0.2) is 0 Å². The molecule has 0 aliphatic rings. The first-order valence-electron chi connectivity index (χ1n) is 5.85. The van der Waals surface area contributed by atoms with Crippen LogP contribution < -0.4 is 10.1 Å². The van der Waals surface area contributed by atoms with E-state index in [0.29, 0.717) is 5.95 Å². The highest BCUT2D eigenvalue weighted by Gasteiger charge is 2.26. The van der Waals surface area contributed by atoms with Crippen LogP contribution >= 0.6 is 11.6 Å². The molecule has 1 heterocycles. The molecule has 0 saturated heterocycles. The molecule has 5 nitrogen and oxygen atoms in total. The molecule has 102 valence electrons. The lowest BCUT2D eigenvalue weighted by Crippen LogP contribution is -2.36.